The Morgan fingerprint density at radius 1 is 1.15 bits per heavy atom. The number of hydrogen-bond donors (Lipinski definition) is 2. The van der Waals surface area contributed by atoms with Gasteiger partial charge in [-0.1, -0.05) is 63.1 Å². The number of benzene rings is 2. The van der Waals surface area contributed by atoms with E-state index in [0.29, 0.717) is 18.4 Å². The largest absolute Gasteiger partial charge is 0.508 e. The Balaban J connectivity index is 2.28. The molecular weight excluding hydrogens is 362 g/mol. The van der Waals surface area contributed by atoms with E-state index in [1.54, 1.807) is 6.07 Å². The lowest BCUT2D eigenvalue weighted by Gasteiger charge is -2.42. The van der Waals surface area contributed by atoms with E-state index < -0.39 is 21.4 Å². The van der Waals surface area contributed by atoms with Crippen molar-refractivity contribution in [3.8, 4) is 5.75 Å². The molecule has 0 saturated carbocycles. The summed E-state index contributed by atoms with van der Waals surface area (Å²) >= 11 is 0. The van der Waals surface area contributed by atoms with Crippen LogP contribution >= 0.6 is 0 Å². The summed E-state index contributed by atoms with van der Waals surface area (Å²) in [5.74, 6) is -0.265. The predicted molar refractivity (Wildman–Crippen MR) is 105 cm³/mol. The quantitative estimate of drug-likeness (QED) is 0.797. The van der Waals surface area contributed by atoms with Crippen molar-refractivity contribution in [2.45, 2.75) is 56.0 Å². The highest BCUT2D eigenvalue weighted by Gasteiger charge is 2.47. The molecule has 27 heavy (non-hydrogen) atoms. The number of aromatic hydroxyl groups is 1. The van der Waals surface area contributed by atoms with Gasteiger partial charge in [0.15, 0.2) is 9.84 Å². The highest BCUT2D eigenvalue weighted by molar-refractivity contribution is 7.91. The highest BCUT2D eigenvalue weighted by atomic mass is 32.2. The molecule has 0 amide bonds. The van der Waals surface area contributed by atoms with Crippen molar-refractivity contribution < 1.29 is 18.7 Å². The topological polar surface area (TPSA) is 77.8 Å². The minimum atomic E-state index is -3.69. The first-order valence-electron chi connectivity index (χ1n) is 9.43. The van der Waals surface area contributed by atoms with Crippen LogP contribution in [0.25, 0.3) is 0 Å². The van der Waals surface area contributed by atoms with Gasteiger partial charge >= 0.3 is 0 Å². The molecule has 1 aliphatic rings. The van der Waals surface area contributed by atoms with Crippen LogP contribution in [0.15, 0.2) is 53.4 Å². The zero-order chi connectivity index (χ0) is 19.7. The Hall–Kier alpha value is -1.89. The number of hydroxylamine groups is 2. The molecule has 0 fully saturated rings. The van der Waals surface area contributed by atoms with Crippen LogP contribution in [0, 0.1) is 0 Å². The van der Waals surface area contributed by atoms with E-state index in [0.717, 1.165) is 18.4 Å². The first kappa shape index (κ1) is 19.9. The zero-order valence-corrected chi connectivity index (χ0v) is 16.6. The minimum absolute atomic E-state index is 0.0915. The Morgan fingerprint density at radius 2 is 1.85 bits per heavy atom. The summed E-state index contributed by atoms with van der Waals surface area (Å²) in [4.78, 5) is 0.0993. The van der Waals surface area contributed by atoms with Crippen LogP contribution in [0.4, 0.5) is 0 Å². The van der Waals surface area contributed by atoms with Crippen molar-refractivity contribution in [1.82, 2.24) is 5.06 Å². The van der Waals surface area contributed by atoms with E-state index in [4.69, 9.17) is 0 Å². The van der Waals surface area contributed by atoms with E-state index in [1.165, 1.54) is 17.2 Å². The van der Waals surface area contributed by atoms with Gasteiger partial charge in [-0.05, 0) is 36.1 Å². The lowest BCUT2D eigenvalue weighted by molar-refractivity contribution is -0.193. The van der Waals surface area contributed by atoms with E-state index in [1.807, 2.05) is 37.3 Å². The van der Waals surface area contributed by atoms with E-state index >= 15 is 0 Å². The van der Waals surface area contributed by atoms with Crippen LogP contribution in [0.1, 0.15) is 56.7 Å². The molecule has 5 nitrogen and oxygen atoms in total. The molecule has 2 aromatic carbocycles. The van der Waals surface area contributed by atoms with Gasteiger partial charge in [-0.2, -0.15) is 5.06 Å². The second-order valence-corrected chi connectivity index (χ2v) is 9.28. The number of unbranched alkanes of at least 4 members (excludes halogenated alkanes) is 1. The average molecular weight is 390 g/mol. The summed E-state index contributed by atoms with van der Waals surface area (Å²) in [7, 11) is -3.69. The van der Waals surface area contributed by atoms with Crippen molar-refractivity contribution in [2.24, 2.45) is 0 Å². The molecule has 3 rings (SSSR count). The fourth-order valence-electron chi connectivity index (χ4n) is 4.01. The second-order valence-electron chi connectivity index (χ2n) is 7.32. The number of fused-ring (bicyclic) bond motifs is 1. The number of hydrogen-bond acceptors (Lipinski definition) is 5. The number of phenolic OH excluding ortho intramolecular Hbond substituents is 1. The maximum atomic E-state index is 13.3. The fourth-order valence-corrected chi connectivity index (χ4v) is 6.19. The third kappa shape index (κ3) is 3.61. The SMILES string of the molecule is CCCCC1(CC)CS(=O)(=O)c2cc(O)ccc2C(c2ccccc2)N1O. The van der Waals surface area contributed by atoms with E-state index in [2.05, 4.69) is 6.92 Å². The van der Waals surface area contributed by atoms with Gasteiger partial charge in [-0.3, -0.25) is 0 Å². The first-order chi connectivity index (χ1) is 12.8. The molecule has 0 saturated heterocycles. The Kier molecular flexibility index (Phi) is 5.60. The normalized spacial score (nSPS) is 24.9. The van der Waals surface area contributed by atoms with Gasteiger partial charge in [0.1, 0.15) is 5.75 Å². The molecule has 2 atom stereocenters. The first-order valence-corrected chi connectivity index (χ1v) is 11.1. The Morgan fingerprint density at radius 3 is 2.48 bits per heavy atom. The summed E-state index contributed by atoms with van der Waals surface area (Å²) in [6.07, 6.45) is 2.83. The van der Waals surface area contributed by atoms with E-state index in [-0.39, 0.29) is 16.4 Å². The summed E-state index contributed by atoms with van der Waals surface area (Å²) in [5.41, 5.74) is 0.427. The van der Waals surface area contributed by atoms with Crippen LogP contribution in [0.3, 0.4) is 0 Å². The summed E-state index contributed by atoms with van der Waals surface area (Å²) in [6.45, 7) is 3.97. The summed E-state index contributed by atoms with van der Waals surface area (Å²) in [5, 5.41) is 22.6. The molecule has 0 aliphatic carbocycles. The van der Waals surface area contributed by atoms with Gasteiger partial charge in [0.05, 0.1) is 22.2 Å². The fraction of sp³-hybridized carbons (Fsp3) is 0.429. The number of nitrogens with zero attached hydrogens (tertiary/aromatic N) is 1. The molecule has 0 aromatic heterocycles. The van der Waals surface area contributed by atoms with Gasteiger partial charge in [-0.25, -0.2) is 8.42 Å². The molecule has 2 aromatic rings. The van der Waals surface area contributed by atoms with Crippen LogP contribution < -0.4 is 0 Å². The van der Waals surface area contributed by atoms with Crippen molar-refractivity contribution in [2.75, 3.05) is 5.75 Å². The van der Waals surface area contributed by atoms with Gasteiger partial charge < -0.3 is 10.3 Å². The number of rotatable bonds is 5. The molecule has 6 heteroatoms. The molecule has 0 radical (unpaired) electrons. The molecule has 0 spiro atoms. The van der Waals surface area contributed by atoms with Gasteiger partial charge in [-0.15, -0.1) is 0 Å². The third-order valence-electron chi connectivity index (χ3n) is 5.59. The lowest BCUT2D eigenvalue weighted by atomic mass is 9.87. The van der Waals surface area contributed by atoms with Crippen LogP contribution in [-0.2, 0) is 9.84 Å². The Labute approximate surface area is 161 Å². The third-order valence-corrected chi connectivity index (χ3v) is 7.53. The number of phenols is 1. The van der Waals surface area contributed by atoms with Gasteiger partial charge in [0.25, 0.3) is 0 Å². The lowest BCUT2D eigenvalue weighted by Crippen LogP contribution is -2.51. The molecule has 0 bridgehead atoms. The molecule has 1 aliphatic heterocycles. The standard InChI is InChI=1S/C21H27NO4S/c1-3-5-13-21(4-2)15-27(25,26)19-14-17(23)11-12-18(19)20(22(21)24)16-9-7-6-8-10-16/h6-12,14,20,23-24H,3-5,13,15H2,1-2H3. The van der Waals surface area contributed by atoms with Crippen molar-refractivity contribution in [3.05, 3.63) is 59.7 Å². The van der Waals surface area contributed by atoms with Crippen molar-refractivity contribution in [1.29, 1.82) is 0 Å². The molecule has 2 N–H and O–H groups in total. The predicted octanol–water partition coefficient (Wildman–Crippen LogP) is 4.30. The zero-order valence-electron chi connectivity index (χ0n) is 15.8. The minimum Gasteiger partial charge on any atom is -0.508 e. The monoisotopic (exact) mass is 389 g/mol. The van der Waals surface area contributed by atoms with Crippen molar-refractivity contribution in [3.63, 3.8) is 0 Å². The van der Waals surface area contributed by atoms with Gasteiger partial charge in [0, 0.05) is 0 Å². The number of sulfone groups is 1. The van der Waals surface area contributed by atoms with Crippen LogP contribution in [0.5, 0.6) is 5.75 Å². The van der Waals surface area contributed by atoms with Crippen molar-refractivity contribution >= 4 is 9.84 Å². The molecular formula is C21H27NO4S. The van der Waals surface area contributed by atoms with Crippen LogP contribution in [-0.4, -0.2) is 35.1 Å². The summed E-state index contributed by atoms with van der Waals surface area (Å²) in [6, 6.07) is 13.2. The smallest absolute Gasteiger partial charge is 0.180 e. The average Bonchev–Trinajstić information content (AvgIpc) is 2.73. The maximum Gasteiger partial charge on any atom is 0.180 e. The molecule has 1 heterocycles. The highest BCUT2D eigenvalue weighted by Crippen LogP contribution is 2.44. The van der Waals surface area contributed by atoms with Gasteiger partial charge in [0.2, 0.25) is 0 Å². The maximum absolute atomic E-state index is 13.3. The van der Waals surface area contributed by atoms with Crippen LogP contribution in [0.2, 0.25) is 0 Å². The summed E-state index contributed by atoms with van der Waals surface area (Å²) < 4.78 is 26.5. The molecule has 146 valence electrons. The Bertz CT molecular complexity index is 898. The van der Waals surface area contributed by atoms with E-state index in [9.17, 15) is 18.7 Å². The molecule has 2 unspecified atom stereocenters. The second kappa shape index (κ2) is 7.62.